The number of aromatic nitrogens is 3. The molecule has 160 valence electrons. The van der Waals surface area contributed by atoms with Crippen LogP contribution >= 0.6 is 0 Å². The fourth-order valence-corrected chi connectivity index (χ4v) is 4.25. The molecule has 0 N–H and O–H groups in total. The van der Waals surface area contributed by atoms with Gasteiger partial charge in [0.05, 0.1) is 42.6 Å². The largest absolute Gasteiger partial charge is 0.465 e. The Labute approximate surface area is 184 Å². The Morgan fingerprint density at radius 1 is 1.16 bits per heavy atom. The summed E-state index contributed by atoms with van der Waals surface area (Å²) < 4.78 is 12.5. The smallest absolute Gasteiger partial charge is 0.340 e. The van der Waals surface area contributed by atoms with Crippen LogP contribution in [-0.4, -0.2) is 53.9 Å². The van der Waals surface area contributed by atoms with E-state index in [1.54, 1.807) is 6.07 Å². The van der Waals surface area contributed by atoms with Gasteiger partial charge in [-0.15, -0.1) is 0 Å². The fourth-order valence-electron chi connectivity index (χ4n) is 4.25. The van der Waals surface area contributed by atoms with E-state index in [9.17, 15) is 10.1 Å². The van der Waals surface area contributed by atoms with Crippen molar-refractivity contribution in [2.75, 3.05) is 38.3 Å². The zero-order valence-electron chi connectivity index (χ0n) is 17.8. The van der Waals surface area contributed by atoms with Gasteiger partial charge in [-0.25, -0.2) is 14.8 Å². The summed E-state index contributed by atoms with van der Waals surface area (Å²) in [7, 11) is 1.37. The maximum Gasteiger partial charge on any atom is 0.340 e. The number of ether oxygens (including phenoxy) is 2. The number of esters is 1. The Hall–Kier alpha value is -3.96. The van der Waals surface area contributed by atoms with Gasteiger partial charge in [-0.2, -0.15) is 5.26 Å². The van der Waals surface area contributed by atoms with Crippen molar-refractivity contribution in [1.82, 2.24) is 14.5 Å². The van der Waals surface area contributed by atoms with Crippen molar-refractivity contribution in [3.8, 4) is 11.8 Å². The number of morpholine rings is 1. The number of hydrogen-bond acceptors (Lipinski definition) is 7. The first-order valence-electron chi connectivity index (χ1n) is 10.3. The van der Waals surface area contributed by atoms with Gasteiger partial charge in [0.1, 0.15) is 23.1 Å². The maximum atomic E-state index is 12.7. The quantitative estimate of drug-likeness (QED) is 0.463. The number of benzene rings is 2. The lowest BCUT2D eigenvalue weighted by Crippen LogP contribution is -2.36. The first kappa shape index (κ1) is 20.0. The molecule has 1 saturated heterocycles. The highest BCUT2D eigenvalue weighted by Gasteiger charge is 2.23. The zero-order valence-corrected chi connectivity index (χ0v) is 17.8. The minimum absolute atomic E-state index is 0.317. The van der Waals surface area contributed by atoms with Crippen LogP contribution in [0.4, 0.5) is 5.69 Å². The second-order valence-corrected chi connectivity index (χ2v) is 7.60. The minimum atomic E-state index is -0.438. The summed E-state index contributed by atoms with van der Waals surface area (Å²) in [5.41, 5.74) is 4.48. The van der Waals surface area contributed by atoms with E-state index in [1.165, 1.54) is 7.11 Å². The Morgan fingerprint density at radius 3 is 2.69 bits per heavy atom. The van der Waals surface area contributed by atoms with E-state index in [4.69, 9.17) is 14.5 Å². The van der Waals surface area contributed by atoms with Crippen molar-refractivity contribution >= 4 is 33.6 Å². The number of carbonyl (C=O) groups is 1. The molecule has 0 spiro atoms. The Bertz CT molecular complexity index is 1400. The van der Waals surface area contributed by atoms with Crippen LogP contribution in [0.15, 0.2) is 42.5 Å². The molecule has 0 amide bonds. The molecule has 5 rings (SSSR count). The summed E-state index contributed by atoms with van der Waals surface area (Å²) in [6.45, 7) is 4.61. The number of hydrogen-bond donors (Lipinski definition) is 0. The molecule has 3 heterocycles. The van der Waals surface area contributed by atoms with Crippen LogP contribution in [0.1, 0.15) is 21.9 Å². The van der Waals surface area contributed by atoms with E-state index in [1.807, 2.05) is 47.9 Å². The molecular formula is C24H21N5O3. The molecule has 8 nitrogen and oxygen atoms in total. The van der Waals surface area contributed by atoms with Gasteiger partial charge >= 0.3 is 5.97 Å². The molecular weight excluding hydrogens is 406 g/mol. The van der Waals surface area contributed by atoms with E-state index < -0.39 is 5.97 Å². The third kappa shape index (κ3) is 3.24. The van der Waals surface area contributed by atoms with E-state index in [0.29, 0.717) is 35.8 Å². The van der Waals surface area contributed by atoms with Crippen LogP contribution in [0.3, 0.4) is 0 Å². The van der Waals surface area contributed by atoms with Crippen LogP contribution in [-0.2, 0) is 9.47 Å². The third-order valence-corrected chi connectivity index (χ3v) is 5.74. The van der Waals surface area contributed by atoms with Crippen molar-refractivity contribution < 1.29 is 14.3 Å². The number of rotatable bonds is 3. The molecule has 1 aliphatic heterocycles. The van der Waals surface area contributed by atoms with E-state index >= 15 is 0 Å². The summed E-state index contributed by atoms with van der Waals surface area (Å²) in [5.74, 6) is 0.261. The van der Waals surface area contributed by atoms with Crippen LogP contribution in [0.2, 0.25) is 0 Å². The van der Waals surface area contributed by atoms with Gasteiger partial charge in [0, 0.05) is 24.2 Å². The average Bonchev–Trinajstić information content (AvgIpc) is 3.18. The molecule has 0 saturated carbocycles. The molecule has 1 fully saturated rings. The van der Waals surface area contributed by atoms with Crippen molar-refractivity contribution in [2.45, 2.75) is 6.92 Å². The van der Waals surface area contributed by atoms with Gasteiger partial charge in [-0.05, 0) is 31.2 Å². The molecule has 32 heavy (non-hydrogen) atoms. The average molecular weight is 427 g/mol. The molecule has 0 unspecified atom stereocenters. The number of fused-ring (bicyclic) bond motifs is 2. The number of pyridine rings is 1. The summed E-state index contributed by atoms with van der Waals surface area (Å²) in [4.78, 5) is 24.0. The van der Waals surface area contributed by atoms with Gasteiger partial charge in [0.25, 0.3) is 0 Å². The molecule has 2 aromatic carbocycles. The standard InChI is InChI=1S/C24H21N5O3/c1-15-26-23-19(24(30)31-2)12-17(28-7-9-32-10-8-28)13-22(23)29(15)21-11-16(14-25)27-20-6-4-3-5-18(20)21/h3-6,11-13H,7-10H2,1-2H3. The Morgan fingerprint density at radius 2 is 1.94 bits per heavy atom. The van der Waals surface area contributed by atoms with Crippen LogP contribution in [0, 0.1) is 18.3 Å². The first-order valence-corrected chi connectivity index (χ1v) is 10.3. The molecule has 0 radical (unpaired) electrons. The highest BCUT2D eigenvalue weighted by Crippen LogP contribution is 2.32. The van der Waals surface area contributed by atoms with Gasteiger partial charge < -0.3 is 14.4 Å². The monoisotopic (exact) mass is 427 g/mol. The molecule has 0 bridgehead atoms. The number of carbonyl (C=O) groups excluding carboxylic acids is 1. The number of methoxy groups -OCH3 is 1. The number of aryl methyl sites for hydroxylation is 1. The molecule has 1 aliphatic rings. The molecule has 0 atom stereocenters. The van der Waals surface area contributed by atoms with Gasteiger partial charge in [0.2, 0.25) is 0 Å². The van der Waals surface area contributed by atoms with E-state index in [0.717, 1.165) is 40.9 Å². The lowest BCUT2D eigenvalue weighted by molar-refractivity contribution is 0.0603. The van der Waals surface area contributed by atoms with Crippen molar-refractivity contribution in [1.29, 1.82) is 5.26 Å². The highest BCUT2D eigenvalue weighted by molar-refractivity contribution is 6.05. The lowest BCUT2D eigenvalue weighted by Gasteiger charge is -2.29. The van der Waals surface area contributed by atoms with Gasteiger partial charge in [0.15, 0.2) is 0 Å². The predicted octanol–water partition coefficient (Wildman–Crippen LogP) is 3.38. The first-order chi connectivity index (χ1) is 15.6. The van der Waals surface area contributed by atoms with Crippen molar-refractivity contribution in [2.24, 2.45) is 0 Å². The predicted molar refractivity (Wildman–Crippen MR) is 120 cm³/mol. The van der Waals surface area contributed by atoms with Crippen molar-refractivity contribution in [3.63, 3.8) is 0 Å². The summed E-state index contributed by atoms with van der Waals surface area (Å²) in [6, 6.07) is 15.5. The molecule has 8 heteroatoms. The number of anilines is 1. The number of imidazole rings is 1. The number of nitriles is 1. The number of para-hydroxylation sites is 1. The SMILES string of the molecule is COC(=O)c1cc(N2CCOCC2)cc2c1nc(C)n2-c1cc(C#N)nc2ccccc12. The minimum Gasteiger partial charge on any atom is -0.465 e. The van der Waals surface area contributed by atoms with Gasteiger partial charge in [-0.3, -0.25) is 4.57 Å². The second-order valence-electron chi connectivity index (χ2n) is 7.60. The maximum absolute atomic E-state index is 12.7. The van der Waals surface area contributed by atoms with Crippen LogP contribution in [0.5, 0.6) is 0 Å². The third-order valence-electron chi connectivity index (χ3n) is 5.74. The lowest BCUT2D eigenvalue weighted by atomic mass is 10.1. The second kappa shape index (κ2) is 7.94. The van der Waals surface area contributed by atoms with E-state index in [2.05, 4.69) is 16.0 Å². The fraction of sp³-hybridized carbons (Fsp3) is 0.250. The van der Waals surface area contributed by atoms with Crippen LogP contribution in [0.25, 0.3) is 27.6 Å². The topological polar surface area (TPSA) is 93.3 Å². The Kier molecular flexibility index (Phi) is 4.96. The molecule has 2 aromatic heterocycles. The van der Waals surface area contributed by atoms with Crippen LogP contribution < -0.4 is 4.90 Å². The summed E-state index contributed by atoms with van der Waals surface area (Å²) >= 11 is 0. The summed E-state index contributed by atoms with van der Waals surface area (Å²) in [6.07, 6.45) is 0. The zero-order chi connectivity index (χ0) is 22.2. The summed E-state index contributed by atoms with van der Waals surface area (Å²) in [5, 5.41) is 10.4. The van der Waals surface area contributed by atoms with Gasteiger partial charge in [-0.1, -0.05) is 18.2 Å². The van der Waals surface area contributed by atoms with Crippen molar-refractivity contribution in [3.05, 3.63) is 59.5 Å². The number of nitrogens with zero attached hydrogens (tertiary/aromatic N) is 5. The Balaban J connectivity index is 1.83. The molecule has 0 aliphatic carbocycles. The molecule has 4 aromatic rings. The van der Waals surface area contributed by atoms with E-state index in [-0.39, 0.29) is 0 Å². The highest BCUT2D eigenvalue weighted by atomic mass is 16.5. The normalized spacial score (nSPS) is 14.0.